The lowest BCUT2D eigenvalue weighted by Crippen LogP contribution is -2.37. The van der Waals surface area contributed by atoms with Crippen molar-refractivity contribution in [3.05, 3.63) is 12.3 Å². The van der Waals surface area contributed by atoms with Crippen molar-refractivity contribution in [2.24, 2.45) is 0 Å². The highest BCUT2D eigenvalue weighted by molar-refractivity contribution is 5.10. The molecule has 1 aromatic heterocycles. The predicted molar refractivity (Wildman–Crippen MR) is 37.2 cm³/mol. The van der Waals surface area contributed by atoms with E-state index in [1.165, 1.54) is 11.6 Å². The van der Waals surface area contributed by atoms with Gasteiger partial charge in [0.15, 0.2) is 5.67 Å². The minimum absolute atomic E-state index is 0.124. The van der Waals surface area contributed by atoms with E-state index in [1.807, 2.05) is 0 Å². The minimum Gasteiger partial charge on any atom is -0.474 e. The molecule has 1 unspecified atom stereocenters. The molecule has 0 spiro atoms. The van der Waals surface area contributed by atoms with Gasteiger partial charge in [0.1, 0.15) is 6.61 Å². The van der Waals surface area contributed by atoms with Gasteiger partial charge in [-0.1, -0.05) is 0 Å². The lowest BCUT2D eigenvalue weighted by Gasteiger charge is -2.26. The second-order valence-corrected chi connectivity index (χ2v) is 3.03. The molecule has 2 rings (SSSR count). The van der Waals surface area contributed by atoms with Gasteiger partial charge in [-0.25, -0.2) is 9.07 Å². The molecule has 0 saturated heterocycles. The number of hydrogen-bond donors (Lipinski definition) is 0. The van der Waals surface area contributed by atoms with E-state index in [0.717, 1.165) is 0 Å². The summed E-state index contributed by atoms with van der Waals surface area (Å²) in [5, 5.41) is 3.90. The molecule has 0 saturated carbocycles. The van der Waals surface area contributed by atoms with E-state index in [-0.39, 0.29) is 13.2 Å². The molecule has 0 amide bonds. The normalized spacial score (nSPS) is 29.3. The highest BCUT2D eigenvalue weighted by Crippen LogP contribution is 2.24. The molecule has 11 heavy (non-hydrogen) atoms. The lowest BCUT2D eigenvalue weighted by atomic mass is 10.1. The van der Waals surface area contributed by atoms with Gasteiger partial charge < -0.3 is 4.74 Å². The van der Waals surface area contributed by atoms with Gasteiger partial charge in [-0.05, 0) is 6.92 Å². The quantitative estimate of drug-likeness (QED) is 0.560. The van der Waals surface area contributed by atoms with Crippen LogP contribution in [0.15, 0.2) is 12.3 Å². The van der Waals surface area contributed by atoms with Crippen LogP contribution in [-0.4, -0.2) is 22.1 Å². The summed E-state index contributed by atoms with van der Waals surface area (Å²) in [6.07, 6.45) is 1.61. The van der Waals surface area contributed by atoms with Crippen LogP contribution in [0.25, 0.3) is 0 Å². The number of alkyl halides is 1. The zero-order valence-electron chi connectivity index (χ0n) is 6.25. The SMILES string of the molecule is CC1(F)COc2ccnn2C1. The van der Waals surface area contributed by atoms with Crippen molar-refractivity contribution in [3.63, 3.8) is 0 Å². The number of hydrogen-bond acceptors (Lipinski definition) is 2. The molecule has 0 bridgehead atoms. The van der Waals surface area contributed by atoms with Crippen LogP contribution in [0.3, 0.4) is 0 Å². The Balaban J connectivity index is 2.32. The number of nitrogens with zero attached hydrogens (tertiary/aromatic N) is 2. The molecular weight excluding hydrogens is 147 g/mol. The van der Waals surface area contributed by atoms with Crippen molar-refractivity contribution < 1.29 is 9.13 Å². The first-order valence-corrected chi connectivity index (χ1v) is 3.51. The molecule has 4 heteroatoms. The fourth-order valence-electron chi connectivity index (χ4n) is 1.14. The zero-order chi connectivity index (χ0) is 7.90. The molecule has 2 heterocycles. The third kappa shape index (κ3) is 1.08. The Kier molecular flexibility index (Phi) is 1.19. The monoisotopic (exact) mass is 156 g/mol. The largest absolute Gasteiger partial charge is 0.474 e. The number of halogens is 1. The van der Waals surface area contributed by atoms with Gasteiger partial charge in [0.05, 0.1) is 12.7 Å². The zero-order valence-corrected chi connectivity index (χ0v) is 6.25. The van der Waals surface area contributed by atoms with Gasteiger partial charge in [-0.15, -0.1) is 0 Å². The minimum atomic E-state index is -1.28. The number of rotatable bonds is 0. The van der Waals surface area contributed by atoms with Gasteiger partial charge in [-0.2, -0.15) is 5.10 Å². The Labute approximate surface area is 63.8 Å². The highest BCUT2D eigenvalue weighted by Gasteiger charge is 2.31. The van der Waals surface area contributed by atoms with E-state index in [1.54, 1.807) is 12.3 Å². The van der Waals surface area contributed by atoms with Crippen LogP contribution in [0.1, 0.15) is 6.92 Å². The fraction of sp³-hybridized carbons (Fsp3) is 0.571. The van der Waals surface area contributed by atoms with Crippen molar-refractivity contribution in [2.45, 2.75) is 19.1 Å². The molecular formula is C7H9FN2O. The molecule has 0 aliphatic carbocycles. The van der Waals surface area contributed by atoms with E-state index < -0.39 is 5.67 Å². The average Bonchev–Trinajstić information content (AvgIpc) is 2.31. The molecule has 0 N–H and O–H groups in total. The maximum Gasteiger partial charge on any atom is 0.211 e. The molecule has 3 nitrogen and oxygen atoms in total. The van der Waals surface area contributed by atoms with Crippen molar-refractivity contribution >= 4 is 0 Å². The topological polar surface area (TPSA) is 27.1 Å². The maximum absolute atomic E-state index is 13.2. The predicted octanol–water partition coefficient (Wildman–Crippen LogP) is 1.00. The Morgan fingerprint density at radius 1 is 1.82 bits per heavy atom. The van der Waals surface area contributed by atoms with Gasteiger partial charge in [0, 0.05) is 6.07 Å². The summed E-state index contributed by atoms with van der Waals surface area (Å²) in [5.74, 6) is 0.653. The van der Waals surface area contributed by atoms with Crippen LogP contribution < -0.4 is 4.74 Å². The highest BCUT2D eigenvalue weighted by atomic mass is 19.1. The average molecular weight is 156 g/mol. The van der Waals surface area contributed by atoms with E-state index in [2.05, 4.69) is 5.10 Å². The van der Waals surface area contributed by atoms with Crippen molar-refractivity contribution in [1.29, 1.82) is 0 Å². The van der Waals surface area contributed by atoms with Crippen molar-refractivity contribution in [1.82, 2.24) is 9.78 Å². The first-order chi connectivity index (χ1) is 5.17. The molecule has 1 atom stereocenters. The number of fused-ring (bicyclic) bond motifs is 1. The molecule has 0 radical (unpaired) electrons. The Hall–Kier alpha value is -1.06. The standard InChI is InChI=1S/C7H9FN2O/c1-7(8)4-10-6(11-5-7)2-3-9-10/h2-3H,4-5H2,1H3. The maximum atomic E-state index is 13.2. The second kappa shape index (κ2) is 1.96. The second-order valence-electron chi connectivity index (χ2n) is 3.03. The molecule has 0 aromatic carbocycles. The smallest absolute Gasteiger partial charge is 0.211 e. The van der Waals surface area contributed by atoms with E-state index in [4.69, 9.17) is 4.74 Å². The van der Waals surface area contributed by atoms with Gasteiger partial charge in [0.2, 0.25) is 5.88 Å². The third-order valence-electron chi connectivity index (χ3n) is 1.68. The first-order valence-electron chi connectivity index (χ1n) is 3.51. The van der Waals surface area contributed by atoms with Crippen molar-refractivity contribution in [2.75, 3.05) is 6.61 Å². The lowest BCUT2D eigenvalue weighted by molar-refractivity contribution is 0.0432. The summed E-state index contributed by atoms with van der Waals surface area (Å²) < 4.78 is 19.9. The summed E-state index contributed by atoms with van der Waals surface area (Å²) in [7, 11) is 0. The summed E-state index contributed by atoms with van der Waals surface area (Å²) in [5.41, 5.74) is -1.28. The Morgan fingerprint density at radius 3 is 3.45 bits per heavy atom. The molecule has 1 aliphatic heterocycles. The molecule has 1 aromatic rings. The van der Waals surface area contributed by atoms with E-state index in [0.29, 0.717) is 5.88 Å². The summed E-state index contributed by atoms with van der Waals surface area (Å²) in [4.78, 5) is 0. The van der Waals surface area contributed by atoms with Crippen molar-refractivity contribution in [3.8, 4) is 5.88 Å². The van der Waals surface area contributed by atoms with Crippen LogP contribution in [0.2, 0.25) is 0 Å². The fourth-order valence-corrected chi connectivity index (χ4v) is 1.14. The van der Waals surface area contributed by atoms with Crippen LogP contribution in [0.5, 0.6) is 5.88 Å². The summed E-state index contributed by atoms with van der Waals surface area (Å²) >= 11 is 0. The molecule has 0 fully saturated rings. The van der Waals surface area contributed by atoms with Crippen LogP contribution >= 0.6 is 0 Å². The van der Waals surface area contributed by atoms with Crippen LogP contribution in [0.4, 0.5) is 4.39 Å². The van der Waals surface area contributed by atoms with Crippen LogP contribution in [-0.2, 0) is 6.54 Å². The van der Waals surface area contributed by atoms with Crippen LogP contribution in [0, 0.1) is 0 Å². The van der Waals surface area contributed by atoms with Gasteiger partial charge >= 0.3 is 0 Å². The number of aromatic nitrogens is 2. The van der Waals surface area contributed by atoms with Gasteiger partial charge in [0.25, 0.3) is 0 Å². The summed E-state index contributed by atoms with van der Waals surface area (Å²) in [6.45, 7) is 1.92. The Morgan fingerprint density at radius 2 is 2.64 bits per heavy atom. The van der Waals surface area contributed by atoms with E-state index in [9.17, 15) is 4.39 Å². The molecule has 1 aliphatic rings. The Bertz CT molecular complexity index is 269. The molecule has 60 valence electrons. The first kappa shape index (κ1) is 6.64. The number of ether oxygens (including phenoxy) is 1. The third-order valence-corrected chi connectivity index (χ3v) is 1.68. The van der Waals surface area contributed by atoms with E-state index >= 15 is 0 Å². The summed E-state index contributed by atoms with van der Waals surface area (Å²) in [6, 6.07) is 1.73. The van der Waals surface area contributed by atoms with Gasteiger partial charge in [-0.3, -0.25) is 0 Å².